The van der Waals surface area contributed by atoms with Gasteiger partial charge in [-0.25, -0.2) is 0 Å². The first-order valence-corrected chi connectivity index (χ1v) is 14.6. The molecular weight excluding hydrogens is 574 g/mol. The molecule has 0 aliphatic carbocycles. The van der Waals surface area contributed by atoms with Gasteiger partial charge < -0.3 is 21.1 Å². The van der Waals surface area contributed by atoms with E-state index < -0.39 is 11.6 Å². The maximum absolute atomic E-state index is 13.9. The maximum atomic E-state index is 13.9. The molecule has 202 valence electrons. The highest BCUT2D eigenvalue weighted by Crippen LogP contribution is 2.44. The first-order valence-electron chi connectivity index (χ1n) is 13.0. The predicted molar refractivity (Wildman–Crippen MR) is 162 cm³/mol. The van der Waals surface area contributed by atoms with E-state index in [1.54, 1.807) is 30.1 Å². The molecule has 3 aromatic carbocycles. The monoisotopic (exact) mass is 605 g/mol. The normalized spacial score (nSPS) is 15.8. The zero-order valence-electron chi connectivity index (χ0n) is 22.0. The van der Waals surface area contributed by atoms with E-state index in [2.05, 4.69) is 39.4 Å². The zero-order valence-corrected chi connectivity index (χ0v) is 24.4. The number of aliphatic hydroxyl groups excluding tert-OH is 1. The molecule has 2 amide bonds. The highest BCUT2D eigenvalue weighted by atomic mass is 79.9. The van der Waals surface area contributed by atoms with Crippen LogP contribution < -0.4 is 16.0 Å². The molecule has 5 rings (SSSR count). The molecule has 1 aliphatic heterocycles. The van der Waals surface area contributed by atoms with Gasteiger partial charge in [0, 0.05) is 32.2 Å². The van der Waals surface area contributed by atoms with Crippen LogP contribution in [0.25, 0.3) is 20.5 Å². The predicted octanol–water partition coefficient (Wildman–Crippen LogP) is 5.91. The third-order valence-electron chi connectivity index (χ3n) is 6.97. The van der Waals surface area contributed by atoms with Crippen molar-refractivity contribution in [1.82, 2.24) is 5.32 Å². The Hall–Kier alpha value is -3.04. The molecule has 1 atom stereocenters. The summed E-state index contributed by atoms with van der Waals surface area (Å²) in [7, 11) is 0. The number of aliphatic hydroxyl groups is 1. The van der Waals surface area contributed by atoms with Gasteiger partial charge in [0.05, 0.1) is 18.0 Å². The minimum atomic E-state index is -0.652. The number of hydrogen-bond acceptors (Lipinski definition) is 5. The SMILES string of the molecule is CC(C)(N)CC(=O)N[C@@H]1CCc2ccccc2N(Cc2ccc3sc(-c4ccccc4CO)c(Br)c3c2)C1=O. The lowest BCUT2D eigenvalue weighted by molar-refractivity contribution is -0.128. The summed E-state index contributed by atoms with van der Waals surface area (Å²) in [6.07, 6.45) is 1.37. The van der Waals surface area contributed by atoms with E-state index in [9.17, 15) is 14.7 Å². The Bertz CT molecular complexity index is 1540. The van der Waals surface area contributed by atoms with Crippen LogP contribution in [0.5, 0.6) is 0 Å². The lowest BCUT2D eigenvalue weighted by Crippen LogP contribution is -2.49. The van der Waals surface area contributed by atoms with Crippen molar-refractivity contribution < 1.29 is 14.7 Å². The summed E-state index contributed by atoms with van der Waals surface area (Å²) in [5.41, 5.74) is 10.2. The van der Waals surface area contributed by atoms with Gasteiger partial charge in [0.25, 0.3) is 0 Å². The Kier molecular flexibility index (Phi) is 7.91. The second kappa shape index (κ2) is 11.2. The van der Waals surface area contributed by atoms with E-state index in [4.69, 9.17) is 5.73 Å². The first kappa shape index (κ1) is 27.5. The minimum absolute atomic E-state index is 0.0287. The van der Waals surface area contributed by atoms with Crippen molar-refractivity contribution >= 4 is 54.9 Å². The number of anilines is 1. The van der Waals surface area contributed by atoms with Crippen molar-refractivity contribution in [3.63, 3.8) is 0 Å². The molecule has 0 saturated carbocycles. The van der Waals surface area contributed by atoms with Gasteiger partial charge in [0.1, 0.15) is 6.04 Å². The number of carbonyl (C=O) groups excluding carboxylic acids is 2. The molecule has 0 unspecified atom stereocenters. The van der Waals surface area contributed by atoms with Crippen LogP contribution in [0.2, 0.25) is 0 Å². The number of hydrogen-bond donors (Lipinski definition) is 3. The summed E-state index contributed by atoms with van der Waals surface area (Å²) in [6.45, 7) is 3.96. The largest absolute Gasteiger partial charge is 0.392 e. The van der Waals surface area contributed by atoms with Crippen LogP contribution in [-0.2, 0) is 29.2 Å². The molecule has 0 fully saturated rings. The number of halogens is 1. The smallest absolute Gasteiger partial charge is 0.249 e. The van der Waals surface area contributed by atoms with Gasteiger partial charge in [0.15, 0.2) is 0 Å². The fourth-order valence-corrected chi connectivity index (χ4v) is 7.17. The number of rotatable bonds is 7. The number of fused-ring (bicyclic) bond motifs is 2. The van der Waals surface area contributed by atoms with E-state index in [1.165, 1.54) is 0 Å². The van der Waals surface area contributed by atoms with Gasteiger partial charge in [-0.15, -0.1) is 11.3 Å². The second-order valence-electron chi connectivity index (χ2n) is 10.8. The van der Waals surface area contributed by atoms with E-state index in [0.717, 1.165) is 47.4 Å². The molecule has 8 heteroatoms. The number of para-hydroxylation sites is 1. The summed E-state index contributed by atoms with van der Waals surface area (Å²) in [5.74, 6) is -0.337. The van der Waals surface area contributed by atoms with Gasteiger partial charge >= 0.3 is 0 Å². The molecule has 0 saturated heterocycles. The summed E-state index contributed by atoms with van der Waals surface area (Å²) in [4.78, 5) is 29.4. The van der Waals surface area contributed by atoms with E-state index in [0.29, 0.717) is 19.4 Å². The van der Waals surface area contributed by atoms with Crippen LogP contribution in [-0.4, -0.2) is 28.5 Å². The zero-order chi connectivity index (χ0) is 27.7. The van der Waals surface area contributed by atoms with E-state index >= 15 is 0 Å². The molecule has 1 aliphatic rings. The Morgan fingerprint density at radius 1 is 1.15 bits per heavy atom. The number of benzene rings is 3. The molecule has 0 bridgehead atoms. The Morgan fingerprint density at radius 2 is 1.90 bits per heavy atom. The third kappa shape index (κ3) is 5.94. The minimum Gasteiger partial charge on any atom is -0.392 e. The quantitative estimate of drug-likeness (QED) is 0.244. The van der Waals surface area contributed by atoms with E-state index in [-0.39, 0.29) is 24.8 Å². The highest BCUT2D eigenvalue weighted by Gasteiger charge is 2.32. The molecular formula is C31H32BrN3O3S. The number of aryl methyl sites for hydroxylation is 1. The van der Waals surface area contributed by atoms with Gasteiger partial charge in [-0.1, -0.05) is 48.5 Å². The fraction of sp³-hybridized carbons (Fsp3) is 0.290. The summed E-state index contributed by atoms with van der Waals surface area (Å²) in [6, 6.07) is 21.4. The molecule has 0 radical (unpaired) electrons. The molecule has 39 heavy (non-hydrogen) atoms. The van der Waals surface area contributed by atoms with Crippen LogP contribution >= 0.6 is 27.3 Å². The molecule has 6 nitrogen and oxygen atoms in total. The number of nitrogens with two attached hydrogens (primary N) is 1. The summed E-state index contributed by atoms with van der Waals surface area (Å²) < 4.78 is 2.09. The molecule has 4 N–H and O–H groups in total. The highest BCUT2D eigenvalue weighted by molar-refractivity contribution is 9.10. The topological polar surface area (TPSA) is 95.7 Å². The Balaban J connectivity index is 1.47. The summed E-state index contributed by atoms with van der Waals surface area (Å²) in [5, 5.41) is 13.9. The first-order chi connectivity index (χ1) is 18.6. The van der Waals surface area contributed by atoms with Crippen LogP contribution in [0.1, 0.15) is 43.4 Å². The van der Waals surface area contributed by atoms with Gasteiger partial charge in [0.2, 0.25) is 11.8 Å². The molecule has 0 spiro atoms. The average Bonchev–Trinajstić information content (AvgIpc) is 3.17. The van der Waals surface area contributed by atoms with Gasteiger partial charge in [-0.05, 0) is 83.1 Å². The number of amides is 2. The Morgan fingerprint density at radius 3 is 2.67 bits per heavy atom. The van der Waals surface area contributed by atoms with Crippen LogP contribution in [0.15, 0.2) is 71.2 Å². The standard InChI is InChI=1S/C31H32BrN3O3S/c1-31(2,33)16-27(37)34-24-13-12-20-7-4-6-10-25(20)35(30(24)38)17-19-11-14-26-23(15-19)28(32)29(39-26)22-9-5-3-8-21(22)18-36/h3-11,14-15,24,36H,12-13,16-18,33H2,1-2H3,(H,34,37)/t24-/m1/s1. The number of carbonyl (C=O) groups is 2. The maximum Gasteiger partial charge on any atom is 0.249 e. The second-order valence-corrected chi connectivity index (χ2v) is 12.6. The Labute approximate surface area is 241 Å². The van der Waals surface area contributed by atoms with Crippen molar-refractivity contribution in [2.75, 3.05) is 4.90 Å². The van der Waals surface area contributed by atoms with E-state index in [1.807, 2.05) is 48.5 Å². The van der Waals surface area contributed by atoms with Crippen LogP contribution in [0, 0.1) is 0 Å². The van der Waals surface area contributed by atoms with Crippen molar-refractivity contribution in [1.29, 1.82) is 0 Å². The lowest BCUT2D eigenvalue weighted by atomic mass is 10.0. The lowest BCUT2D eigenvalue weighted by Gasteiger charge is -2.27. The molecule has 4 aromatic rings. The molecule has 2 heterocycles. The average molecular weight is 607 g/mol. The number of thiophene rings is 1. The van der Waals surface area contributed by atoms with Crippen LogP contribution in [0.3, 0.4) is 0 Å². The van der Waals surface area contributed by atoms with Crippen molar-refractivity contribution in [3.8, 4) is 10.4 Å². The van der Waals surface area contributed by atoms with Crippen molar-refractivity contribution in [2.45, 2.75) is 57.8 Å². The van der Waals surface area contributed by atoms with Gasteiger partial charge in [-0.2, -0.15) is 0 Å². The van der Waals surface area contributed by atoms with Crippen molar-refractivity contribution in [2.24, 2.45) is 5.73 Å². The number of nitrogens with one attached hydrogen (secondary N) is 1. The van der Waals surface area contributed by atoms with Crippen LogP contribution in [0.4, 0.5) is 5.69 Å². The van der Waals surface area contributed by atoms with Crippen molar-refractivity contribution in [3.05, 3.63) is 87.9 Å². The summed E-state index contributed by atoms with van der Waals surface area (Å²) >= 11 is 5.48. The fourth-order valence-electron chi connectivity index (χ4n) is 5.12. The molecule has 1 aromatic heterocycles. The number of nitrogens with zero attached hydrogens (tertiary/aromatic N) is 1. The van der Waals surface area contributed by atoms with Gasteiger partial charge in [-0.3, -0.25) is 9.59 Å². The third-order valence-corrected chi connectivity index (χ3v) is 9.26.